The minimum absolute atomic E-state index is 0.171. The lowest BCUT2D eigenvalue weighted by Crippen LogP contribution is -2.36. The van der Waals surface area contributed by atoms with E-state index in [-0.39, 0.29) is 4.90 Å². The summed E-state index contributed by atoms with van der Waals surface area (Å²) >= 11 is 0. The molecule has 2 fully saturated rings. The SMILES string of the molecule is O=C(O)[C@@H]1CCCN1c1ccc(S(=O)(=O)N2CCCC2)cn1. The van der Waals surface area contributed by atoms with Gasteiger partial charge in [0.2, 0.25) is 10.0 Å². The third-order valence-corrected chi connectivity index (χ3v) is 6.14. The van der Waals surface area contributed by atoms with Crippen molar-refractivity contribution in [2.75, 3.05) is 24.5 Å². The molecule has 3 rings (SSSR count). The van der Waals surface area contributed by atoms with Gasteiger partial charge in [0, 0.05) is 25.8 Å². The highest BCUT2D eigenvalue weighted by Crippen LogP contribution is 2.26. The standard InChI is InChI=1S/C14H19N3O4S/c18-14(19)12-4-3-9-17(12)13-6-5-11(10-15-13)22(20,21)16-7-1-2-8-16/h5-6,10,12H,1-4,7-9H2,(H,18,19)/t12-/m0/s1. The van der Waals surface area contributed by atoms with Gasteiger partial charge in [-0.15, -0.1) is 0 Å². The number of anilines is 1. The quantitative estimate of drug-likeness (QED) is 0.885. The zero-order valence-electron chi connectivity index (χ0n) is 12.2. The van der Waals surface area contributed by atoms with Crippen LogP contribution in [0.25, 0.3) is 0 Å². The molecule has 1 aromatic heterocycles. The molecule has 2 aliphatic heterocycles. The monoisotopic (exact) mass is 325 g/mol. The maximum absolute atomic E-state index is 12.4. The molecule has 0 aromatic carbocycles. The highest BCUT2D eigenvalue weighted by atomic mass is 32.2. The van der Waals surface area contributed by atoms with Crippen molar-refractivity contribution in [2.45, 2.75) is 36.6 Å². The van der Waals surface area contributed by atoms with Gasteiger partial charge in [0.1, 0.15) is 16.8 Å². The normalized spacial score (nSPS) is 23.1. The number of rotatable bonds is 4. The van der Waals surface area contributed by atoms with Crippen molar-refractivity contribution >= 4 is 21.8 Å². The molecule has 0 amide bonds. The van der Waals surface area contributed by atoms with Gasteiger partial charge in [-0.05, 0) is 37.8 Å². The first-order valence-electron chi connectivity index (χ1n) is 7.46. The van der Waals surface area contributed by atoms with Crippen molar-refractivity contribution in [3.63, 3.8) is 0 Å². The van der Waals surface area contributed by atoms with Crippen LogP contribution in [0.2, 0.25) is 0 Å². The number of nitrogens with zero attached hydrogens (tertiary/aromatic N) is 3. The van der Waals surface area contributed by atoms with Gasteiger partial charge in [-0.1, -0.05) is 0 Å². The second-order valence-corrected chi connectivity index (χ2v) is 7.59. The Balaban J connectivity index is 1.82. The number of hydrogen-bond donors (Lipinski definition) is 1. The summed E-state index contributed by atoms with van der Waals surface area (Å²) in [4.78, 5) is 17.3. The van der Waals surface area contributed by atoms with Crippen molar-refractivity contribution in [1.29, 1.82) is 0 Å². The average Bonchev–Trinajstić information content (AvgIpc) is 3.19. The zero-order chi connectivity index (χ0) is 15.7. The van der Waals surface area contributed by atoms with Gasteiger partial charge >= 0.3 is 5.97 Å². The summed E-state index contributed by atoms with van der Waals surface area (Å²) < 4.78 is 26.3. The highest BCUT2D eigenvalue weighted by Gasteiger charge is 2.32. The molecule has 0 unspecified atom stereocenters. The Morgan fingerprint density at radius 2 is 1.91 bits per heavy atom. The predicted molar refractivity (Wildman–Crippen MR) is 80.2 cm³/mol. The summed E-state index contributed by atoms with van der Waals surface area (Å²) in [6, 6.07) is 2.55. The summed E-state index contributed by atoms with van der Waals surface area (Å²) in [5.41, 5.74) is 0. The lowest BCUT2D eigenvalue weighted by Gasteiger charge is -2.22. The largest absolute Gasteiger partial charge is 0.480 e. The molecule has 120 valence electrons. The van der Waals surface area contributed by atoms with E-state index in [1.54, 1.807) is 11.0 Å². The number of aromatic nitrogens is 1. The first-order chi connectivity index (χ1) is 10.5. The smallest absolute Gasteiger partial charge is 0.326 e. The molecule has 0 bridgehead atoms. The number of sulfonamides is 1. The van der Waals surface area contributed by atoms with E-state index in [1.165, 1.54) is 16.6 Å². The fourth-order valence-electron chi connectivity index (χ4n) is 3.07. The zero-order valence-corrected chi connectivity index (χ0v) is 13.0. The molecule has 2 aliphatic rings. The van der Waals surface area contributed by atoms with E-state index in [0.29, 0.717) is 31.9 Å². The number of carbonyl (C=O) groups is 1. The third kappa shape index (κ3) is 2.68. The Labute approximate surface area is 129 Å². The fourth-order valence-corrected chi connectivity index (χ4v) is 4.53. The number of carboxylic acid groups (broad SMARTS) is 1. The van der Waals surface area contributed by atoms with Crippen LogP contribution in [0, 0.1) is 0 Å². The topological polar surface area (TPSA) is 90.8 Å². The first kappa shape index (κ1) is 15.2. The van der Waals surface area contributed by atoms with E-state index in [4.69, 9.17) is 0 Å². The van der Waals surface area contributed by atoms with E-state index < -0.39 is 22.0 Å². The molecule has 0 saturated carbocycles. The number of pyridine rings is 1. The molecule has 1 aromatic rings. The molecule has 3 heterocycles. The minimum Gasteiger partial charge on any atom is -0.480 e. The summed E-state index contributed by atoms with van der Waals surface area (Å²) in [6.45, 7) is 1.73. The Kier molecular flexibility index (Phi) is 4.05. The van der Waals surface area contributed by atoms with Gasteiger partial charge < -0.3 is 10.0 Å². The molecule has 22 heavy (non-hydrogen) atoms. The lowest BCUT2D eigenvalue weighted by molar-refractivity contribution is -0.138. The molecule has 0 aliphatic carbocycles. The van der Waals surface area contributed by atoms with Crippen LogP contribution in [0.4, 0.5) is 5.82 Å². The maximum atomic E-state index is 12.4. The Morgan fingerprint density at radius 1 is 1.18 bits per heavy atom. The predicted octanol–water partition coefficient (Wildman–Crippen LogP) is 0.919. The molecular formula is C14H19N3O4S. The highest BCUT2D eigenvalue weighted by molar-refractivity contribution is 7.89. The van der Waals surface area contributed by atoms with Gasteiger partial charge in [0.15, 0.2) is 0 Å². The van der Waals surface area contributed by atoms with Crippen molar-refractivity contribution in [2.24, 2.45) is 0 Å². The molecule has 1 N–H and O–H groups in total. The minimum atomic E-state index is -3.47. The Bertz CT molecular complexity index is 653. The summed E-state index contributed by atoms with van der Waals surface area (Å²) in [7, 11) is -3.47. The van der Waals surface area contributed by atoms with Gasteiger partial charge in [-0.25, -0.2) is 18.2 Å². The Morgan fingerprint density at radius 3 is 2.50 bits per heavy atom. The van der Waals surface area contributed by atoms with Crippen LogP contribution in [0.1, 0.15) is 25.7 Å². The molecule has 8 heteroatoms. The fraction of sp³-hybridized carbons (Fsp3) is 0.571. The van der Waals surface area contributed by atoms with Crippen molar-refractivity contribution in [1.82, 2.24) is 9.29 Å². The molecule has 0 spiro atoms. The average molecular weight is 325 g/mol. The van der Waals surface area contributed by atoms with Crippen LogP contribution in [-0.4, -0.2) is 54.5 Å². The van der Waals surface area contributed by atoms with Crippen LogP contribution in [0.15, 0.2) is 23.2 Å². The second-order valence-electron chi connectivity index (χ2n) is 5.65. The van der Waals surface area contributed by atoms with E-state index in [9.17, 15) is 18.3 Å². The number of aliphatic carboxylic acids is 1. The van der Waals surface area contributed by atoms with Gasteiger partial charge in [-0.3, -0.25) is 0 Å². The number of carboxylic acids is 1. The van der Waals surface area contributed by atoms with Crippen LogP contribution >= 0.6 is 0 Å². The molecule has 2 saturated heterocycles. The summed E-state index contributed by atoms with van der Waals surface area (Å²) in [5, 5.41) is 9.20. The lowest BCUT2D eigenvalue weighted by atomic mass is 10.2. The Hall–Kier alpha value is -1.67. The van der Waals surface area contributed by atoms with Crippen molar-refractivity contribution in [3.8, 4) is 0 Å². The first-order valence-corrected chi connectivity index (χ1v) is 8.90. The summed E-state index contributed by atoms with van der Waals surface area (Å²) in [5.74, 6) is -0.349. The van der Waals surface area contributed by atoms with Crippen LogP contribution in [0.3, 0.4) is 0 Å². The van der Waals surface area contributed by atoms with Gasteiger partial charge in [0.25, 0.3) is 0 Å². The van der Waals surface area contributed by atoms with Gasteiger partial charge in [0.05, 0.1) is 0 Å². The van der Waals surface area contributed by atoms with E-state index in [2.05, 4.69) is 4.98 Å². The van der Waals surface area contributed by atoms with E-state index in [0.717, 1.165) is 19.3 Å². The van der Waals surface area contributed by atoms with Crippen LogP contribution < -0.4 is 4.90 Å². The third-order valence-electron chi connectivity index (χ3n) is 4.26. The molecule has 1 atom stereocenters. The summed E-state index contributed by atoms with van der Waals surface area (Å²) in [6.07, 6.45) is 4.50. The van der Waals surface area contributed by atoms with E-state index >= 15 is 0 Å². The maximum Gasteiger partial charge on any atom is 0.326 e. The van der Waals surface area contributed by atoms with Crippen molar-refractivity contribution in [3.05, 3.63) is 18.3 Å². The van der Waals surface area contributed by atoms with E-state index in [1.807, 2.05) is 0 Å². The molecule has 7 nitrogen and oxygen atoms in total. The number of hydrogen-bond acceptors (Lipinski definition) is 5. The molecule has 0 radical (unpaired) electrons. The van der Waals surface area contributed by atoms with Crippen molar-refractivity contribution < 1.29 is 18.3 Å². The second kappa shape index (κ2) is 5.85. The molecular weight excluding hydrogens is 306 g/mol. The van der Waals surface area contributed by atoms with Gasteiger partial charge in [-0.2, -0.15) is 4.31 Å². The van der Waals surface area contributed by atoms with Crippen LogP contribution in [-0.2, 0) is 14.8 Å². The van der Waals surface area contributed by atoms with Crippen LogP contribution in [0.5, 0.6) is 0 Å².